The molecule has 4 aromatic rings. The summed E-state index contributed by atoms with van der Waals surface area (Å²) in [6.07, 6.45) is 4.41. The van der Waals surface area contributed by atoms with Gasteiger partial charge in [-0.2, -0.15) is 4.57 Å². The lowest BCUT2D eigenvalue weighted by molar-refractivity contribution is -0.666. The van der Waals surface area contributed by atoms with Gasteiger partial charge in [-0.15, -0.1) is 0 Å². The van der Waals surface area contributed by atoms with Crippen LogP contribution in [0.25, 0.3) is 38.0 Å². The van der Waals surface area contributed by atoms with Gasteiger partial charge in [0.2, 0.25) is 5.69 Å². The van der Waals surface area contributed by atoms with Crippen LogP contribution in [0.4, 0.5) is 5.69 Å². The van der Waals surface area contributed by atoms with Crippen molar-refractivity contribution in [2.24, 2.45) is 7.05 Å². The van der Waals surface area contributed by atoms with Gasteiger partial charge < -0.3 is 4.42 Å². The molecule has 1 atom stereocenters. The minimum atomic E-state index is -2.75. The maximum atomic E-state index is 9.20. The fraction of sp³-hybridized carbons (Fsp3) is 0.400. The summed E-state index contributed by atoms with van der Waals surface area (Å²) in [4.78, 5) is 3.76. The molecule has 2 aromatic heterocycles. The molecule has 1 aliphatic carbocycles. The molecule has 1 saturated carbocycles. The molecule has 1 fully saturated rings. The second-order valence-electron chi connectivity index (χ2n) is 9.12. The highest BCUT2D eigenvalue weighted by atomic mass is 16.3. The van der Waals surface area contributed by atoms with Crippen LogP contribution >= 0.6 is 0 Å². The second kappa shape index (κ2) is 8.34. The van der Waals surface area contributed by atoms with Crippen LogP contribution in [0.2, 0.25) is 0 Å². The average molecular weight is 445 g/mol. The molecule has 5 rings (SSSR count). The maximum absolute atomic E-state index is 9.20. The minimum Gasteiger partial charge on any atom is -0.456 e. The molecule has 0 amide bonds. The average Bonchev–Trinajstić information content (AvgIpc) is 3.25. The van der Waals surface area contributed by atoms with E-state index in [1.165, 1.54) is 6.92 Å². The first-order chi connectivity index (χ1) is 18.6. The van der Waals surface area contributed by atoms with Gasteiger partial charge in [0.1, 0.15) is 18.2 Å². The molecule has 168 valence electrons. The number of fused-ring (bicyclic) bond motifs is 3. The van der Waals surface area contributed by atoms with E-state index < -0.39 is 18.6 Å². The van der Waals surface area contributed by atoms with Crippen LogP contribution in [0.1, 0.15) is 89.6 Å². The Morgan fingerprint density at radius 3 is 2.73 bits per heavy atom. The van der Waals surface area contributed by atoms with Crippen molar-refractivity contribution in [3.63, 3.8) is 0 Å². The van der Waals surface area contributed by atoms with Crippen molar-refractivity contribution in [1.82, 2.24) is 0 Å². The van der Waals surface area contributed by atoms with Crippen molar-refractivity contribution in [1.29, 1.82) is 0 Å². The number of nitrogens with zero attached hydrogens (tertiary/aromatic N) is 2. The van der Waals surface area contributed by atoms with Gasteiger partial charge in [-0.3, -0.25) is 0 Å². The molecule has 3 nitrogen and oxygen atoms in total. The molecule has 0 spiro atoms. The summed E-state index contributed by atoms with van der Waals surface area (Å²) < 4.78 is 67.8. The highest BCUT2D eigenvalue weighted by Gasteiger charge is 2.25. The summed E-state index contributed by atoms with van der Waals surface area (Å²) in [5, 5.41) is 1.55. The predicted molar refractivity (Wildman–Crippen MR) is 136 cm³/mol. The van der Waals surface area contributed by atoms with Crippen LogP contribution in [-0.2, 0) is 7.05 Å². The second-order valence-corrected chi connectivity index (χ2v) is 9.12. The largest absolute Gasteiger partial charge is 0.456 e. The molecule has 2 heterocycles. The van der Waals surface area contributed by atoms with E-state index in [9.17, 15) is 1.37 Å². The Morgan fingerprint density at radius 2 is 2.00 bits per heavy atom. The van der Waals surface area contributed by atoms with Gasteiger partial charge in [-0.25, -0.2) is 4.85 Å². The summed E-state index contributed by atoms with van der Waals surface area (Å²) in [5.74, 6) is -3.00. The van der Waals surface area contributed by atoms with Gasteiger partial charge in [-0.1, -0.05) is 51.2 Å². The van der Waals surface area contributed by atoms with Crippen molar-refractivity contribution < 1.29 is 18.6 Å². The lowest BCUT2D eigenvalue weighted by atomic mass is 9.83. The molecule has 0 aliphatic heterocycles. The van der Waals surface area contributed by atoms with Crippen LogP contribution in [0, 0.1) is 20.4 Å². The first-order valence-electron chi connectivity index (χ1n) is 15.0. The Kier molecular flexibility index (Phi) is 3.77. The van der Waals surface area contributed by atoms with Crippen molar-refractivity contribution in [2.75, 3.05) is 0 Å². The zero-order valence-corrected chi connectivity index (χ0v) is 19.6. The van der Waals surface area contributed by atoms with Gasteiger partial charge in [0.05, 0.1) is 14.9 Å². The highest BCUT2D eigenvalue weighted by molar-refractivity contribution is 6.10. The van der Waals surface area contributed by atoms with Crippen molar-refractivity contribution >= 4 is 27.6 Å². The molecule has 33 heavy (non-hydrogen) atoms. The fourth-order valence-electron chi connectivity index (χ4n) is 4.97. The number of aromatic nitrogens is 1. The van der Waals surface area contributed by atoms with Gasteiger partial charge in [0.15, 0.2) is 11.4 Å². The first kappa shape index (κ1) is 14.9. The quantitative estimate of drug-likeness (QED) is 0.229. The van der Waals surface area contributed by atoms with Gasteiger partial charge >= 0.3 is 0 Å². The third-order valence-electron chi connectivity index (χ3n) is 6.92. The molecular weight excluding hydrogens is 404 g/mol. The molecule has 0 radical (unpaired) electrons. The zero-order chi connectivity index (χ0) is 29.4. The molecule has 3 heteroatoms. The van der Waals surface area contributed by atoms with Crippen LogP contribution in [0.15, 0.2) is 40.8 Å². The number of hydrogen-bond donors (Lipinski definition) is 0. The molecular formula is C30H33N2O+. The van der Waals surface area contributed by atoms with Crippen LogP contribution in [0.3, 0.4) is 0 Å². The maximum Gasteiger partial charge on any atom is 0.216 e. The van der Waals surface area contributed by atoms with E-state index in [1.54, 1.807) is 24.6 Å². The molecule has 0 N–H and O–H groups in total. The van der Waals surface area contributed by atoms with Gasteiger partial charge in [-0.05, 0) is 54.3 Å². The Bertz CT molecular complexity index is 1720. The van der Waals surface area contributed by atoms with E-state index >= 15 is 0 Å². The van der Waals surface area contributed by atoms with E-state index in [4.69, 9.17) is 19.2 Å². The predicted octanol–water partition coefficient (Wildman–Crippen LogP) is 8.42. The van der Waals surface area contributed by atoms with Crippen molar-refractivity contribution in [3.8, 4) is 11.3 Å². The summed E-state index contributed by atoms with van der Waals surface area (Å²) in [6, 6.07) is 7.15. The van der Waals surface area contributed by atoms with Crippen molar-refractivity contribution in [3.05, 3.63) is 70.2 Å². The standard InChI is InChI=1S/C30H33N2O/c1-18(2)22-14-20(4)32(6)27(15-22)29-19(3)12-13-23-25-16-24(21-10-8-7-9-11-21)26(31-5)17-28(25)33-30(23)29/h12-18,21H,7-11H2,1-4,6H3/q+1/i1D3,14D,15D,18D,21D. The summed E-state index contributed by atoms with van der Waals surface area (Å²) >= 11 is 0. The summed E-state index contributed by atoms with van der Waals surface area (Å²) in [5.41, 5.74) is 4.12. The zero-order valence-electron chi connectivity index (χ0n) is 26.6. The van der Waals surface area contributed by atoms with E-state index in [1.807, 2.05) is 25.1 Å². The van der Waals surface area contributed by atoms with Crippen molar-refractivity contribution in [2.45, 2.75) is 71.5 Å². The lowest BCUT2D eigenvalue weighted by Crippen LogP contribution is -2.35. The molecule has 0 saturated heterocycles. The minimum absolute atomic E-state index is 0.140. The SMILES string of the molecule is [2H]c1c(C([2H])(C)C([2H])([2H])[2H])c([2H])c(-c2c(C)ccc3c2oc2cc([N+]#[C-])c(C4([2H])CCCCC4)cc23)[n+](C)c1C. The van der Waals surface area contributed by atoms with Crippen LogP contribution in [0.5, 0.6) is 0 Å². The lowest BCUT2D eigenvalue weighted by Gasteiger charge is -2.23. The van der Waals surface area contributed by atoms with Gasteiger partial charge in [0.25, 0.3) is 0 Å². The normalized spacial score (nSPS) is 21.1. The van der Waals surface area contributed by atoms with E-state index in [-0.39, 0.29) is 17.6 Å². The molecule has 1 unspecified atom stereocenters. The molecule has 2 aromatic carbocycles. The van der Waals surface area contributed by atoms with E-state index in [2.05, 4.69) is 4.85 Å². The number of rotatable bonds is 3. The first-order valence-corrected chi connectivity index (χ1v) is 11.5. The van der Waals surface area contributed by atoms with Crippen LogP contribution < -0.4 is 4.57 Å². The fourth-order valence-corrected chi connectivity index (χ4v) is 4.97. The van der Waals surface area contributed by atoms with E-state index in [0.717, 1.165) is 35.6 Å². The van der Waals surface area contributed by atoms with Gasteiger partial charge in [0, 0.05) is 36.6 Å². The Morgan fingerprint density at radius 1 is 1.21 bits per heavy atom. The Balaban J connectivity index is 1.86. The molecule has 1 aliphatic rings. The number of benzene rings is 2. The number of aryl methyl sites for hydroxylation is 1. The Labute approximate surface area is 206 Å². The van der Waals surface area contributed by atoms with E-state index in [0.29, 0.717) is 52.2 Å². The topological polar surface area (TPSA) is 21.4 Å². The van der Waals surface area contributed by atoms with Crippen LogP contribution in [-0.4, -0.2) is 0 Å². The number of furan rings is 1. The number of hydrogen-bond acceptors (Lipinski definition) is 1. The number of pyridine rings is 1. The summed E-state index contributed by atoms with van der Waals surface area (Å²) in [6.45, 7) is 9.88. The highest BCUT2D eigenvalue weighted by Crippen LogP contribution is 2.44. The summed E-state index contributed by atoms with van der Waals surface area (Å²) in [7, 11) is 1.73. The monoisotopic (exact) mass is 444 g/mol. The third kappa shape index (κ3) is 3.62. The smallest absolute Gasteiger partial charge is 0.216 e. The Hall–Kier alpha value is -3.12. The third-order valence-corrected chi connectivity index (χ3v) is 6.92. The molecule has 0 bridgehead atoms.